The molecule has 0 aliphatic rings. The molecule has 1 aromatic carbocycles. The fraction of sp³-hybridized carbons (Fsp3) is 0.375. The zero-order valence-electron chi connectivity index (χ0n) is 13.4. The molecule has 1 atom stereocenters. The molecule has 1 aromatic heterocycles. The lowest BCUT2D eigenvalue weighted by Gasteiger charge is -2.13. The first-order valence-corrected chi connectivity index (χ1v) is 9.77. The average molecular weight is 352 g/mol. The zero-order valence-corrected chi connectivity index (χ0v) is 15.0. The Morgan fingerprint density at radius 3 is 2.48 bits per heavy atom. The summed E-state index contributed by atoms with van der Waals surface area (Å²) >= 11 is 1.58. The molecule has 0 saturated carbocycles. The van der Waals surface area contributed by atoms with Crippen molar-refractivity contribution in [1.29, 1.82) is 0 Å². The van der Waals surface area contributed by atoms with Crippen LogP contribution in [0.15, 0.2) is 35.2 Å². The quantitative estimate of drug-likeness (QED) is 0.867. The summed E-state index contributed by atoms with van der Waals surface area (Å²) in [6, 6.07) is 7.94. The van der Waals surface area contributed by atoms with E-state index in [2.05, 4.69) is 10.3 Å². The van der Waals surface area contributed by atoms with Crippen molar-refractivity contribution >= 4 is 27.1 Å². The number of amides is 1. The second-order valence-electron chi connectivity index (χ2n) is 5.35. The molecule has 7 heteroatoms. The van der Waals surface area contributed by atoms with Gasteiger partial charge >= 0.3 is 0 Å². The van der Waals surface area contributed by atoms with Gasteiger partial charge in [-0.3, -0.25) is 4.79 Å². The molecule has 0 radical (unpaired) electrons. The van der Waals surface area contributed by atoms with Crippen LogP contribution in [0.1, 0.15) is 35.0 Å². The van der Waals surface area contributed by atoms with Crippen LogP contribution in [0.3, 0.4) is 0 Å². The Bertz CT molecular complexity index is 783. The summed E-state index contributed by atoms with van der Waals surface area (Å²) in [6.07, 6.45) is -0.0657. The summed E-state index contributed by atoms with van der Waals surface area (Å²) < 4.78 is 24.3. The molecule has 5 nitrogen and oxygen atoms in total. The van der Waals surface area contributed by atoms with Gasteiger partial charge in [0.05, 0.1) is 27.4 Å². The first kappa shape index (κ1) is 17.6. The van der Waals surface area contributed by atoms with Crippen molar-refractivity contribution in [2.45, 2.75) is 38.1 Å². The van der Waals surface area contributed by atoms with Crippen molar-refractivity contribution in [2.75, 3.05) is 5.75 Å². The SMILES string of the molecule is Cc1nc([C@@H](C)NC(=O)CCS(=O)(=O)c2ccccc2)c(C)s1. The lowest BCUT2D eigenvalue weighted by atomic mass is 10.2. The van der Waals surface area contributed by atoms with Crippen LogP contribution in [0.5, 0.6) is 0 Å². The van der Waals surface area contributed by atoms with E-state index < -0.39 is 9.84 Å². The second kappa shape index (κ2) is 7.23. The zero-order chi connectivity index (χ0) is 17.0. The predicted molar refractivity (Wildman–Crippen MR) is 91.3 cm³/mol. The van der Waals surface area contributed by atoms with E-state index >= 15 is 0 Å². The second-order valence-corrected chi connectivity index (χ2v) is 8.86. The third kappa shape index (κ3) is 4.62. The number of hydrogen-bond acceptors (Lipinski definition) is 5. The van der Waals surface area contributed by atoms with Crippen LogP contribution in [0.25, 0.3) is 0 Å². The summed E-state index contributed by atoms with van der Waals surface area (Å²) in [5.41, 5.74) is 0.840. The number of aromatic nitrogens is 1. The van der Waals surface area contributed by atoms with Gasteiger partial charge in [-0.15, -0.1) is 11.3 Å². The van der Waals surface area contributed by atoms with E-state index in [-0.39, 0.29) is 29.0 Å². The Morgan fingerprint density at radius 2 is 1.91 bits per heavy atom. The van der Waals surface area contributed by atoms with Crippen LogP contribution in [0, 0.1) is 13.8 Å². The van der Waals surface area contributed by atoms with Gasteiger partial charge in [-0.1, -0.05) is 18.2 Å². The molecule has 0 unspecified atom stereocenters. The van der Waals surface area contributed by atoms with Gasteiger partial charge in [-0.05, 0) is 32.9 Å². The van der Waals surface area contributed by atoms with Gasteiger partial charge in [0.15, 0.2) is 9.84 Å². The minimum Gasteiger partial charge on any atom is -0.348 e. The standard InChI is InChI=1S/C16H20N2O3S2/c1-11(16-12(2)22-13(3)18-16)17-15(19)9-10-23(20,21)14-7-5-4-6-8-14/h4-8,11H,9-10H2,1-3H3,(H,17,19)/t11-/m1/s1. The van der Waals surface area contributed by atoms with Gasteiger partial charge in [-0.25, -0.2) is 13.4 Å². The van der Waals surface area contributed by atoms with E-state index in [1.165, 1.54) is 12.1 Å². The number of carbonyl (C=O) groups is 1. The smallest absolute Gasteiger partial charge is 0.221 e. The van der Waals surface area contributed by atoms with Crippen LogP contribution in [0.2, 0.25) is 0 Å². The maximum atomic E-state index is 12.2. The van der Waals surface area contributed by atoms with Gasteiger partial charge in [0.1, 0.15) is 0 Å². The summed E-state index contributed by atoms with van der Waals surface area (Å²) in [5, 5.41) is 3.76. The van der Waals surface area contributed by atoms with Gasteiger partial charge in [0, 0.05) is 11.3 Å². The number of hydrogen-bond donors (Lipinski definition) is 1. The molecule has 0 aliphatic heterocycles. The van der Waals surface area contributed by atoms with Crippen LogP contribution >= 0.6 is 11.3 Å². The van der Waals surface area contributed by atoms with Crippen molar-refractivity contribution < 1.29 is 13.2 Å². The van der Waals surface area contributed by atoms with E-state index in [0.29, 0.717) is 0 Å². The Hall–Kier alpha value is -1.73. The lowest BCUT2D eigenvalue weighted by Crippen LogP contribution is -2.28. The van der Waals surface area contributed by atoms with Gasteiger partial charge < -0.3 is 5.32 Å². The van der Waals surface area contributed by atoms with Gasteiger partial charge in [0.25, 0.3) is 0 Å². The summed E-state index contributed by atoms with van der Waals surface area (Å²) in [6.45, 7) is 5.73. The summed E-state index contributed by atoms with van der Waals surface area (Å²) in [7, 11) is -3.43. The molecule has 0 saturated heterocycles. The highest BCUT2D eigenvalue weighted by molar-refractivity contribution is 7.91. The maximum absolute atomic E-state index is 12.2. The van der Waals surface area contributed by atoms with Gasteiger partial charge in [0.2, 0.25) is 5.91 Å². The van der Waals surface area contributed by atoms with Gasteiger partial charge in [-0.2, -0.15) is 0 Å². The van der Waals surface area contributed by atoms with Crippen LogP contribution in [-0.2, 0) is 14.6 Å². The summed E-state index contributed by atoms with van der Waals surface area (Å²) in [5.74, 6) is -0.493. The lowest BCUT2D eigenvalue weighted by molar-refractivity contribution is -0.121. The van der Waals surface area contributed by atoms with E-state index in [1.807, 2.05) is 20.8 Å². The molecule has 2 rings (SSSR count). The highest BCUT2D eigenvalue weighted by atomic mass is 32.2. The topological polar surface area (TPSA) is 76.1 Å². The number of thiazole rings is 1. The van der Waals surface area contributed by atoms with Crippen molar-refractivity contribution in [1.82, 2.24) is 10.3 Å². The highest BCUT2D eigenvalue weighted by Gasteiger charge is 2.19. The molecular weight excluding hydrogens is 332 g/mol. The Kier molecular flexibility index (Phi) is 5.54. The first-order chi connectivity index (χ1) is 10.8. The largest absolute Gasteiger partial charge is 0.348 e. The monoisotopic (exact) mass is 352 g/mol. The van der Waals surface area contributed by atoms with Crippen LogP contribution in [-0.4, -0.2) is 25.1 Å². The minimum absolute atomic E-state index is 0.0657. The fourth-order valence-electron chi connectivity index (χ4n) is 2.30. The predicted octanol–water partition coefficient (Wildman–Crippen LogP) is 2.80. The molecule has 2 aromatic rings. The molecule has 0 fully saturated rings. The number of rotatable bonds is 6. The van der Waals surface area contributed by atoms with Crippen LogP contribution < -0.4 is 5.32 Å². The molecule has 124 valence electrons. The van der Waals surface area contributed by atoms with Crippen LogP contribution in [0.4, 0.5) is 0 Å². The van der Waals surface area contributed by atoms with E-state index in [4.69, 9.17) is 0 Å². The van der Waals surface area contributed by atoms with E-state index in [1.54, 1.807) is 29.5 Å². The molecule has 1 heterocycles. The molecule has 1 N–H and O–H groups in total. The van der Waals surface area contributed by atoms with Crippen molar-refractivity contribution in [2.24, 2.45) is 0 Å². The van der Waals surface area contributed by atoms with Crippen molar-refractivity contribution in [3.63, 3.8) is 0 Å². The number of carbonyl (C=O) groups excluding carboxylic acids is 1. The van der Waals surface area contributed by atoms with E-state index in [9.17, 15) is 13.2 Å². The molecule has 0 aliphatic carbocycles. The first-order valence-electron chi connectivity index (χ1n) is 7.30. The molecule has 0 spiro atoms. The minimum atomic E-state index is -3.43. The molecule has 1 amide bonds. The Labute approximate surface area is 140 Å². The Balaban J connectivity index is 1.94. The van der Waals surface area contributed by atoms with Crippen molar-refractivity contribution in [3.8, 4) is 0 Å². The molecular formula is C16H20N2O3S2. The van der Waals surface area contributed by atoms with E-state index in [0.717, 1.165) is 15.6 Å². The maximum Gasteiger partial charge on any atom is 0.221 e. The highest BCUT2D eigenvalue weighted by Crippen LogP contribution is 2.22. The number of benzene rings is 1. The third-order valence-corrected chi connectivity index (χ3v) is 6.06. The molecule has 23 heavy (non-hydrogen) atoms. The normalized spacial score (nSPS) is 12.8. The third-order valence-electron chi connectivity index (χ3n) is 3.43. The Morgan fingerprint density at radius 1 is 1.26 bits per heavy atom. The molecule has 0 bridgehead atoms. The fourth-order valence-corrected chi connectivity index (χ4v) is 4.48. The average Bonchev–Trinajstić information content (AvgIpc) is 2.85. The van der Waals surface area contributed by atoms with Crippen molar-refractivity contribution in [3.05, 3.63) is 45.9 Å². The number of sulfone groups is 1. The summed E-state index contributed by atoms with van der Waals surface area (Å²) in [4.78, 5) is 17.7. The number of aryl methyl sites for hydroxylation is 2. The number of nitrogens with zero attached hydrogens (tertiary/aromatic N) is 1. The number of nitrogens with one attached hydrogen (secondary N) is 1.